The van der Waals surface area contributed by atoms with E-state index in [2.05, 4.69) is 42.3 Å². The van der Waals surface area contributed by atoms with E-state index in [1.807, 2.05) is 4.90 Å². The first-order chi connectivity index (χ1) is 14.0. The van der Waals surface area contributed by atoms with Crippen LogP contribution in [0.25, 0.3) is 0 Å². The Morgan fingerprint density at radius 2 is 1.97 bits per heavy atom. The number of aryl methyl sites for hydroxylation is 1. The normalized spacial score (nSPS) is 18.5. The quantitative estimate of drug-likeness (QED) is 0.703. The molecule has 0 aromatic heterocycles. The Bertz CT molecular complexity index is 713. The standard InChI is InChI=1S/C22H34N4O2S/c1-17-5-4-6-21(18(17)2)23-22(29)26(12-11-24-13-15-28-16-14-24)20-7-9-25(10-8-20)19(3)27/h4-6,20H,7-16H2,1-3H3,(H,23,29)/p+1. The van der Waals surface area contributed by atoms with Gasteiger partial charge in [0.1, 0.15) is 13.1 Å². The van der Waals surface area contributed by atoms with Gasteiger partial charge in [-0.05, 0) is 56.1 Å². The number of hydrogen-bond acceptors (Lipinski definition) is 3. The molecule has 2 aliphatic heterocycles. The molecule has 0 aliphatic carbocycles. The SMILES string of the molecule is CC(=O)N1CCC(N(CC[NH+]2CCOCC2)C(=S)Nc2cccc(C)c2C)CC1. The zero-order valence-electron chi connectivity index (χ0n) is 18.0. The van der Waals surface area contributed by atoms with Gasteiger partial charge in [-0.2, -0.15) is 0 Å². The molecule has 2 fully saturated rings. The first kappa shape index (κ1) is 22.0. The average Bonchev–Trinajstić information content (AvgIpc) is 2.73. The first-order valence-electron chi connectivity index (χ1n) is 10.8. The fourth-order valence-electron chi connectivity index (χ4n) is 4.20. The van der Waals surface area contributed by atoms with E-state index in [0.29, 0.717) is 6.04 Å². The predicted molar refractivity (Wildman–Crippen MR) is 121 cm³/mol. The van der Waals surface area contributed by atoms with Crippen LogP contribution in [0.15, 0.2) is 18.2 Å². The molecule has 0 bridgehead atoms. The lowest BCUT2D eigenvalue weighted by atomic mass is 10.0. The zero-order valence-corrected chi connectivity index (χ0v) is 18.8. The lowest BCUT2D eigenvalue weighted by molar-refractivity contribution is -0.907. The van der Waals surface area contributed by atoms with Crippen molar-refractivity contribution in [2.24, 2.45) is 0 Å². The fraction of sp³-hybridized carbons (Fsp3) is 0.636. The molecule has 29 heavy (non-hydrogen) atoms. The number of thiocarbonyl (C=S) groups is 1. The number of nitrogens with zero attached hydrogens (tertiary/aromatic N) is 2. The molecule has 0 spiro atoms. The summed E-state index contributed by atoms with van der Waals surface area (Å²) in [6.45, 7) is 13.3. The molecule has 0 radical (unpaired) electrons. The molecule has 0 unspecified atom stereocenters. The molecule has 0 atom stereocenters. The molecule has 3 rings (SSSR count). The molecule has 2 aliphatic rings. The largest absolute Gasteiger partial charge is 0.370 e. The molecule has 1 amide bonds. The highest BCUT2D eigenvalue weighted by atomic mass is 32.1. The molecule has 2 saturated heterocycles. The Morgan fingerprint density at radius 3 is 2.62 bits per heavy atom. The average molecular weight is 420 g/mol. The summed E-state index contributed by atoms with van der Waals surface area (Å²) >= 11 is 5.89. The van der Waals surface area contributed by atoms with Crippen LogP contribution < -0.4 is 10.2 Å². The van der Waals surface area contributed by atoms with Gasteiger partial charge >= 0.3 is 0 Å². The van der Waals surface area contributed by atoms with Crippen LogP contribution in [0.2, 0.25) is 0 Å². The lowest BCUT2D eigenvalue weighted by Crippen LogP contribution is -3.14. The van der Waals surface area contributed by atoms with Gasteiger partial charge in [0.15, 0.2) is 5.11 Å². The minimum absolute atomic E-state index is 0.170. The van der Waals surface area contributed by atoms with Gasteiger partial charge in [-0.1, -0.05) is 12.1 Å². The highest BCUT2D eigenvalue weighted by Gasteiger charge is 2.28. The molecule has 6 nitrogen and oxygen atoms in total. The second-order valence-corrected chi connectivity index (χ2v) is 8.61. The van der Waals surface area contributed by atoms with E-state index in [9.17, 15) is 4.79 Å². The second-order valence-electron chi connectivity index (χ2n) is 8.22. The van der Waals surface area contributed by atoms with Crippen molar-refractivity contribution in [1.82, 2.24) is 9.80 Å². The molecule has 1 aromatic rings. The number of ether oxygens (including phenoxy) is 1. The number of hydrogen-bond donors (Lipinski definition) is 2. The number of piperidine rings is 1. The zero-order chi connectivity index (χ0) is 20.8. The third kappa shape index (κ3) is 5.90. The van der Waals surface area contributed by atoms with Gasteiger partial charge in [-0.15, -0.1) is 0 Å². The number of carbonyl (C=O) groups excluding carboxylic acids is 1. The Hall–Kier alpha value is -1.70. The fourth-order valence-corrected chi connectivity index (χ4v) is 4.55. The first-order valence-corrected chi connectivity index (χ1v) is 11.2. The van der Waals surface area contributed by atoms with Crippen molar-refractivity contribution in [2.75, 3.05) is 57.8 Å². The number of nitrogens with one attached hydrogen (secondary N) is 2. The van der Waals surface area contributed by atoms with E-state index in [4.69, 9.17) is 17.0 Å². The Morgan fingerprint density at radius 1 is 1.28 bits per heavy atom. The van der Waals surface area contributed by atoms with Gasteiger partial charge in [-0.3, -0.25) is 4.79 Å². The molecule has 7 heteroatoms. The van der Waals surface area contributed by atoms with Crippen LogP contribution in [0.4, 0.5) is 5.69 Å². The van der Waals surface area contributed by atoms with E-state index < -0.39 is 0 Å². The van der Waals surface area contributed by atoms with Crippen LogP contribution in [0, 0.1) is 13.8 Å². The summed E-state index contributed by atoms with van der Waals surface area (Å²) in [6.07, 6.45) is 1.93. The van der Waals surface area contributed by atoms with Gasteiger partial charge in [0.25, 0.3) is 0 Å². The van der Waals surface area contributed by atoms with Crippen molar-refractivity contribution >= 4 is 28.9 Å². The summed E-state index contributed by atoms with van der Waals surface area (Å²) in [4.78, 5) is 17.6. The number of likely N-dealkylation sites (tertiary alicyclic amines) is 1. The third-order valence-electron chi connectivity index (χ3n) is 6.36. The van der Waals surface area contributed by atoms with E-state index in [1.54, 1.807) is 11.8 Å². The summed E-state index contributed by atoms with van der Waals surface area (Å²) < 4.78 is 5.50. The smallest absolute Gasteiger partial charge is 0.219 e. The van der Waals surface area contributed by atoms with Crippen molar-refractivity contribution in [1.29, 1.82) is 0 Å². The van der Waals surface area contributed by atoms with E-state index in [-0.39, 0.29) is 5.91 Å². The van der Waals surface area contributed by atoms with Crippen LogP contribution in [0.3, 0.4) is 0 Å². The van der Waals surface area contributed by atoms with Crippen molar-refractivity contribution < 1.29 is 14.4 Å². The number of amides is 1. The third-order valence-corrected chi connectivity index (χ3v) is 6.70. The second kappa shape index (κ2) is 10.4. The Labute approximate surface area is 180 Å². The molecule has 160 valence electrons. The topological polar surface area (TPSA) is 49.3 Å². The maximum absolute atomic E-state index is 11.7. The number of morpholine rings is 1. The lowest BCUT2D eigenvalue weighted by Gasteiger charge is -2.40. The molecular formula is C22H35N4O2S+. The monoisotopic (exact) mass is 419 g/mol. The van der Waals surface area contributed by atoms with Crippen molar-refractivity contribution in [3.8, 4) is 0 Å². The van der Waals surface area contributed by atoms with Crippen LogP contribution in [-0.4, -0.2) is 79.3 Å². The molecule has 0 saturated carbocycles. The maximum atomic E-state index is 11.7. The van der Waals surface area contributed by atoms with Crippen LogP contribution in [0.5, 0.6) is 0 Å². The number of quaternary nitrogens is 1. The van der Waals surface area contributed by atoms with E-state index >= 15 is 0 Å². The van der Waals surface area contributed by atoms with E-state index in [1.165, 1.54) is 11.1 Å². The van der Waals surface area contributed by atoms with Crippen molar-refractivity contribution in [2.45, 2.75) is 39.7 Å². The summed E-state index contributed by atoms with van der Waals surface area (Å²) in [6, 6.07) is 6.66. The van der Waals surface area contributed by atoms with Crippen LogP contribution in [-0.2, 0) is 9.53 Å². The Kier molecular flexibility index (Phi) is 7.86. The number of carbonyl (C=O) groups is 1. The van der Waals surface area contributed by atoms with Crippen molar-refractivity contribution in [3.05, 3.63) is 29.3 Å². The van der Waals surface area contributed by atoms with Gasteiger partial charge in [0.2, 0.25) is 5.91 Å². The number of rotatable bonds is 5. The molecule has 1 aromatic carbocycles. The van der Waals surface area contributed by atoms with Crippen LogP contribution >= 0.6 is 12.2 Å². The highest BCUT2D eigenvalue weighted by molar-refractivity contribution is 7.80. The predicted octanol–water partition coefficient (Wildman–Crippen LogP) is 1.23. The van der Waals surface area contributed by atoms with E-state index in [0.717, 1.165) is 76.1 Å². The molecule has 2 heterocycles. The van der Waals surface area contributed by atoms with Gasteiger partial charge in [0, 0.05) is 31.7 Å². The Balaban J connectivity index is 1.68. The summed E-state index contributed by atoms with van der Waals surface area (Å²) in [5, 5.41) is 4.31. The van der Waals surface area contributed by atoms with Gasteiger partial charge < -0.3 is 24.8 Å². The minimum Gasteiger partial charge on any atom is -0.370 e. The summed E-state index contributed by atoms with van der Waals surface area (Å²) in [5.41, 5.74) is 3.58. The number of anilines is 1. The molecular weight excluding hydrogens is 384 g/mol. The molecule has 2 N–H and O–H groups in total. The minimum atomic E-state index is 0.170. The highest BCUT2D eigenvalue weighted by Crippen LogP contribution is 2.21. The maximum Gasteiger partial charge on any atom is 0.219 e. The van der Waals surface area contributed by atoms with Gasteiger partial charge in [-0.25, -0.2) is 0 Å². The summed E-state index contributed by atoms with van der Waals surface area (Å²) in [7, 11) is 0. The summed E-state index contributed by atoms with van der Waals surface area (Å²) in [5.74, 6) is 0.170. The van der Waals surface area contributed by atoms with Gasteiger partial charge in [0.05, 0.1) is 26.3 Å². The van der Waals surface area contributed by atoms with Crippen LogP contribution in [0.1, 0.15) is 30.9 Å². The van der Waals surface area contributed by atoms with Crippen molar-refractivity contribution in [3.63, 3.8) is 0 Å². The number of benzene rings is 1.